The van der Waals surface area contributed by atoms with Gasteiger partial charge in [0.15, 0.2) is 5.82 Å². The number of alkyl halides is 3. The van der Waals surface area contributed by atoms with Crippen molar-refractivity contribution in [3.8, 4) is 0 Å². The number of carbonyl (C=O) groups excluding carboxylic acids is 1. The number of carboxylic acid groups (broad SMARTS) is 1. The van der Waals surface area contributed by atoms with Crippen LogP contribution in [0.4, 0.5) is 23.5 Å². The average Bonchev–Trinajstić information content (AvgIpc) is 3.42. The highest BCUT2D eigenvalue weighted by atomic mass is 19.4. The summed E-state index contributed by atoms with van der Waals surface area (Å²) in [6.07, 6.45) is -1.06. The number of anilines is 1. The Morgan fingerprint density at radius 3 is 2.50 bits per heavy atom. The fraction of sp³-hybridized carbons (Fsp3) is 0.500. The summed E-state index contributed by atoms with van der Waals surface area (Å²) < 4.78 is 52.1. The molecule has 32 heavy (non-hydrogen) atoms. The lowest BCUT2D eigenvalue weighted by molar-refractivity contribution is -0.192. The molecule has 0 bridgehead atoms. The van der Waals surface area contributed by atoms with Crippen molar-refractivity contribution in [1.82, 2.24) is 25.1 Å². The zero-order chi connectivity index (χ0) is 23.5. The summed E-state index contributed by atoms with van der Waals surface area (Å²) >= 11 is 0. The van der Waals surface area contributed by atoms with Crippen LogP contribution in [-0.2, 0) is 16.6 Å². The van der Waals surface area contributed by atoms with Crippen LogP contribution in [0.1, 0.15) is 10.5 Å². The minimum absolute atomic E-state index is 0.0901. The second-order valence-electron chi connectivity index (χ2n) is 7.25. The molecule has 0 aromatic carbocycles. The van der Waals surface area contributed by atoms with E-state index in [1.807, 2.05) is 4.90 Å². The van der Waals surface area contributed by atoms with Crippen LogP contribution >= 0.6 is 0 Å². The lowest BCUT2D eigenvalue weighted by Gasteiger charge is -2.20. The topological polar surface area (TPSA) is 122 Å². The molecule has 10 nitrogen and oxygen atoms in total. The van der Waals surface area contributed by atoms with Crippen molar-refractivity contribution < 1.29 is 37.0 Å². The summed E-state index contributed by atoms with van der Waals surface area (Å²) in [5.74, 6) is -2.31. The van der Waals surface area contributed by atoms with Gasteiger partial charge in [-0.2, -0.15) is 18.3 Å². The molecule has 2 aromatic rings. The third-order valence-corrected chi connectivity index (χ3v) is 5.15. The van der Waals surface area contributed by atoms with Crippen LogP contribution in [0.5, 0.6) is 0 Å². The third kappa shape index (κ3) is 5.49. The quantitative estimate of drug-likeness (QED) is 0.645. The van der Waals surface area contributed by atoms with Crippen LogP contribution in [0.2, 0.25) is 0 Å². The second kappa shape index (κ2) is 9.46. The van der Waals surface area contributed by atoms with E-state index in [1.54, 1.807) is 24.0 Å². The van der Waals surface area contributed by atoms with Crippen molar-refractivity contribution in [3.05, 3.63) is 36.2 Å². The molecule has 174 valence electrons. The number of nitrogens with zero attached hydrogens (tertiary/aromatic N) is 5. The minimum atomic E-state index is -5.08. The van der Waals surface area contributed by atoms with Gasteiger partial charge in [-0.05, 0) is 6.07 Å². The highest BCUT2D eigenvalue weighted by Crippen LogP contribution is 2.34. The van der Waals surface area contributed by atoms with E-state index in [4.69, 9.17) is 14.6 Å². The molecule has 2 aromatic heterocycles. The Labute approximate surface area is 179 Å². The minimum Gasteiger partial charge on any atom is -0.475 e. The van der Waals surface area contributed by atoms with Crippen LogP contribution in [0.25, 0.3) is 0 Å². The van der Waals surface area contributed by atoms with Gasteiger partial charge in [0.2, 0.25) is 5.95 Å². The number of carbonyl (C=O) groups is 2. The Kier molecular flexibility index (Phi) is 6.91. The van der Waals surface area contributed by atoms with Crippen LogP contribution in [0.15, 0.2) is 24.7 Å². The molecule has 2 aliphatic heterocycles. The summed E-state index contributed by atoms with van der Waals surface area (Å²) in [4.78, 5) is 31.2. The number of hydrogen-bond acceptors (Lipinski definition) is 7. The van der Waals surface area contributed by atoms with E-state index in [9.17, 15) is 22.4 Å². The maximum Gasteiger partial charge on any atom is 0.490 e. The maximum atomic E-state index is 13.0. The van der Waals surface area contributed by atoms with Crippen LogP contribution in [-0.4, -0.2) is 75.3 Å². The highest BCUT2D eigenvalue weighted by molar-refractivity contribution is 5.92. The number of aromatic nitrogens is 4. The van der Waals surface area contributed by atoms with Crippen molar-refractivity contribution in [2.45, 2.75) is 12.3 Å². The Bertz CT molecular complexity index is 952. The Morgan fingerprint density at radius 1 is 1.28 bits per heavy atom. The second-order valence-corrected chi connectivity index (χ2v) is 7.25. The Hall–Kier alpha value is -3.29. The normalized spacial score (nSPS) is 22.2. The summed E-state index contributed by atoms with van der Waals surface area (Å²) in [6.45, 7) is 2.59. The zero-order valence-electron chi connectivity index (χ0n) is 16.8. The first-order valence-electron chi connectivity index (χ1n) is 9.46. The molecule has 0 radical (unpaired) electrons. The fourth-order valence-electron chi connectivity index (χ4n) is 3.55. The van der Waals surface area contributed by atoms with E-state index in [1.165, 1.54) is 12.4 Å². The number of amides is 1. The molecule has 2 fully saturated rings. The first kappa shape index (κ1) is 23.4. The van der Waals surface area contributed by atoms with Gasteiger partial charge in [-0.25, -0.2) is 19.2 Å². The van der Waals surface area contributed by atoms with Crippen molar-refractivity contribution in [3.63, 3.8) is 0 Å². The summed E-state index contributed by atoms with van der Waals surface area (Å²) in [7, 11) is 1.74. The molecule has 3 atom stereocenters. The molecule has 2 aliphatic rings. The first-order valence-corrected chi connectivity index (χ1v) is 9.46. The molecule has 2 saturated heterocycles. The molecule has 2 N–H and O–H groups in total. The van der Waals surface area contributed by atoms with Crippen molar-refractivity contribution in [2.75, 3.05) is 31.1 Å². The molecular formula is C18H20F4N6O4. The molecule has 0 spiro atoms. The van der Waals surface area contributed by atoms with Crippen LogP contribution in [0, 0.1) is 17.7 Å². The number of ether oxygens (including phenoxy) is 1. The molecule has 0 saturated carbocycles. The summed E-state index contributed by atoms with van der Waals surface area (Å²) in [6, 6.07) is 1.69. The standard InChI is InChI=1S/C16H19FN6O2.C2HF3O2/c1-22-13(2-3-21-22)15(24)18-4-10-9-25-14-8-23(7-12(10)14)16-19-5-11(17)6-20-16;3-2(4,5)1(6)7/h2-3,5-6,10,12,14H,4,7-9H2,1H3,(H,18,24);(H,6,7)/t10-,12-,14-;/m1./s1. The number of hydrogen-bond donors (Lipinski definition) is 2. The largest absolute Gasteiger partial charge is 0.490 e. The first-order chi connectivity index (χ1) is 15.1. The molecule has 0 unspecified atom stereocenters. The van der Waals surface area contributed by atoms with Gasteiger partial charge in [0.05, 0.1) is 25.1 Å². The summed E-state index contributed by atoms with van der Waals surface area (Å²) in [5, 5.41) is 14.1. The van der Waals surface area contributed by atoms with Gasteiger partial charge in [-0.1, -0.05) is 0 Å². The highest BCUT2D eigenvalue weighted by Gasteiger charge is 2.44. The fourth-order valence-corrected chi connectivity index (χ4v) is 3.55. The number of carboxylic acids is 1. The number of halogens is 4. The Morgan fingerprint density at radius 2 is 1.94 bits per heavy atom. The average molecular weight is 460 g/mol. The number of aliphatic carboxylic acids is 1. The lowest BCUT2D eigenvalue weighted by atomic mass is 9.93. The zero-order valence-corrected chi connectivity index (χ0v) is 16.8. The molecular weight excluding hydrogens is 440 g/mol. The van der Waals surface area contributed by atoms with Gasteiger partial charge >= 0.3 is 12.1 Å². The van der Waals surface area contributed by atoms with Crippen molar-refractivity contribution in [1.29, 1.82) is 0 Å². The van der Waals surface area contributed by atoms with E-state index < -0.39 is 18.0 Å². The molecule has 1 amide bonds. The van der Waals surface area contributed by atoms with E-state index in [2.05, 4.69) is 20.4 Å². The van der Waals surface area contributed by atoms with Gasteiger partial charge in [0.1, 0.15) is 5.69 Å². The maximum absolute atomic E-state index is 13.0. The monoisotopic (exact) mass is 460 g/mol. The van der Waals surface area contributed by atoms with Crippen molar-refractivity contribution in [2.24, 2.45) is 18.9 Å². The van der Waals surface area contributed by atoms with E-state index in [0.29, 0.717) is 37.3 Å². The predicted molar refractivity (Wildman–Crippen MR) is 100 cm³/mol. The van der Waals surface area contributed by atoms with Gasteiger partial charge in [-0.3, -0.25) is 9.48 Å². The molecule has 0 aliphatic carbocycles. The SMILES string of the molecule is Cn1nccc1C(=O)NC[C@@H]1CO[C@@H]2CN(c3ncc(F)cn3)C[C@H]12.O=C(O)C(F)(F)F. The third-order valence-electron chi connectivity index (χ3n) is 5.15. The van der Waals surface area contributed by atoms with Crippen LogP contribution < -0.4 is 10.2 Å². The van der Waals surface area contributed by atoms with E-state index >= 15 is 0 Å². The Balaban J connectivity index is 0.000000360. The molecule has 4 heterocycles. The van der Waals surface area contributed by atoms with Crippen LogP contribution in [0.3, 0.4) is 0 Å². The van der Waals surface area contributed by atoms with Gasteiger partial charge < -0.3 is 20.1 Å². The number of fused-ring (bicyclic) bond motifs is 1. The van der Waals surface area contributed by atoms with Gasteiger partial charge in [0, 0.05) is 44.7 Å². The summed E-state index contributed by atoms with van der Waals surface area (Å²) in [5.41, 5.74) is 0.531. The smallest absolute Gasteiger partial charge is 0.475 e. The van der Waals surface area contributed by atoms with Gasteiger partial charge in [-0.15, -0.1) is 0 Å². The number of rotatable bonds is 4. The number of aryl methyl sites for hydroxylation is 1. The van der Waals surface area contributed by atoms with Crippen molar-refractivity contribution >= 4 is 17.8 Å². The number of nitrogens with one attached hydrogen (secondary N) is 1. The lowest BCUT2D eigenvalue weighted by Crippen LogP contribution is -2.35. The molecule has 4 rings (SSSR count). The predicted octanol–water partition coefficient (Wildman–Crippen LogP) is 0.864. The van der Waals surface area contributed by atoms with E-state index in [0.717, 1.165) is 6.54 Å². The van der Waals surface area contributed by atoms with Gasteiger partial charge in [0.25, 0.3) is 5.91 Å². The van der Waals surface area contributed by atoms with E-state index in [-0.39, 0.29) is 17.9 Å². The molecule has 14 heteroatoms.